The lowest BCUT2D eigenvalue weighted by Gasteiger charge is -2.14. The van der Waals surface area contributed by atoms with Crippen LogP contribution in [-0.4, -0.2) is 36.5 Å². The maximum absolute atomic E-state index is 13.3. The quantitative estimate of drug-likeness (QED) is 0.222. The van der Waals surface area contributed by atoms with Crippen LogP contribution >= 0.6 is 11.6 Å². The Morgan fingerprint density at radius 3 is 2.48 bits per heavy atom. The highest BCUT2D eigenvalue weighted by Crippen LogP contribution is 2.37. The molecular weight excluding hydrogens is 520 g/mol. The Morgan fingerprint density at radius 2 is 1.75 bits per heavy atom. The largest absolute Gasteiger partial charge is 0.325 e. The minimum atomic E-state index is -0.591. The Hall–Kier alpha value is -4.70. The standard InChI is InChI=1S/C33H27ClN4O2/c1-38(2)21-23-11-15-26(16-12-23)36-32(24-7-4-3-5-8-24)31-28-17-13-22(19-29(28)37-33(31)40)14-18-30(39)35-27-10-6-9-25(34)20-27/h3-13,15-17,19-20,31H,21H2,1-2H3,(H,35,39)(H,37,40). The summed E-state index contributed by atoms with van der Waals surface area (Å²) in [5.74, 6) is 4.26. The second kappa shape index (κ2) is 12.0. The van der Waals surface area contributed by atoms with Gasteiger partial charge in [-0.15, -0.1) is 0 Å². The van der Waals surface area contributed by atoms with Gasteiger partial charge in [0.1, 0.15) is 5.92 Å². The molecule has 0 saturated carbocycles. The second-order valence-electron chi connectivity index (χ2n) is 9.71. The van der Waals surface area contributed by atoms with Gasteiger partial charge in [-0.2, -0.15) is 0 Å². The van der Waals surface area contributed by atoms with E-state index in [1.165, 1.54) is 5.56 Å². The Balaban J connectivity index is 1.43. The maximum Gasteiger partial charge on any atom is 0.300 e. The minimum Gasteiger partial charge on any atom is -0.325 e. The first kappa shape index (κ1) is 26.9. The highest BCUT2D eigenvalue weighted by molar-refractivity contribution is 6.31. The maximum atomic E-state index is 13.3. The lowest BCUT2D eigenvalue weighted by Crippen LogP contribution is -2.21. The van der Waals surface area contributed by atoms with Crippen molar-refractivity contribution in [2.24, 2.45) is 4.99 Å². The van der Waals surface area contributed by atoms with Crippen LogP contribution in [-0.2, 0) is 16.1 Å². The van der Waals surface area contributed by atoms with Gasteiger partial charge in [0, 0.05) is 34.4 Å². The van der Waals surface area contributed by atoms with E-state index in [-0.39, 0.29) is 5.91 Å². The number of nitrogens with one attached hydrogen (secondary N) is 2. The number of hydrogen-bond acceptors (Lipinski definition) is 4. The predicted octanol–water partition coefficient (Wildman–Crippen LogP) is 6.25. The molecule has 40 heavy (non-hydrogen) atoms. The van der Waals surface area contributed by atoms with Crippen molar-refractivity contribution >= 4 is 46.2 Å². The van der Waals surface area contributed by atoms with Gasteiger partial charge >= 0.3 is 5.91 Å². The van der Waals surface area contributed by atoms with Crippen molar-refractivity contribution in [2.75, 3.05) is 24.7 Å². The van der Waals surface area contributed by atoms with E-state index in [0.717, 1.165) is 23.4 Å². The molecule has 198 valence electrons. The summed E-state index contributed by atoms with van der Waals surface area (Å²) in [5.41, 5.74) is 6.13. The van der Waals surface area contributed by atoms with E-state index >= 15 is 0 Å². The summed E-state index contributed by atoms with van der Waals surface area (Å²) in [6.07, 6.45) is 0. The van der Waals surface area contributed by atoms with Gasteiger partial charge in [0.15, 0.2) is 0 Å². The van der Waals surface area contributed by atoms with Crippen LogP contribution < -0.4 is 10.6 Å². The molecule has 6 nitrogen and oxygen atoms in total. The van der Waals surface area contributed by atoms with Crippen molar-refractivity contribution in [2.45, 2.75) is 12.5 Å². The molecule has 0 radical (unpaired) electrons. The molecule has 0 aromatic heterocycles. The van der Waals surface area contributed by atoms with Gasteiger partial charge in [0.2, 0.25) is 5.91 Å². The molecule has 1 heterocycles. The number of hydrogen-bond donors (Lipinski definition) is 2. The van der Waals surface area contributed by atoms with Gasteiger partial charge in [0.05, 0.1) is 11.4 Å². The summed E-state index contributed by atoms with van der Waals surface area (Å²) < 4.78 is 0. The Labute approximate surface area is 238 Å². The summed E-state index contributed by atoms with van der Waals surface area (Å²) in [7, 11) is 4.06. The molecule has 1 unspecified atom stereocenters. The summed E-state index contributed by atoms with van der Waals surface area (Å²) in [6.45, 7) is 0.835. The molecule has 4 aromatic rings. The molecule has 0 bridgehead atoms. The van der Waals surface area contributed by atoms with Gasteiger partial charge < -0.3 is 15.5 Å². The van der Waals surface area contributed by atoms with Crippen LogP contribution in [0.25, 0.3) is 0 Å². The van der Waals surface area contributed by atoms with Crippen molar-refractivity contribution in [1.82, 2.24) is 4.90 Å². The predicted molar refractivity (Wildman–Crippen MR) is 161 cm³/mol. The molecule has 0 aliphatic carbocycles. The highest BCUT2D eigenvalue weighted by Gasteiger charge is 2.35. The van der Waals surface area contributed by atoms with Crippen LogP contribution in [0.5, 0.6) is 0 Å². The highest BCUT2D eigenvalue weighted by atomic mass is 35.5. The average Bonchev–Trinajstić information content (AvgIpc) is 3.26. The number of halogens is 1. The third kappa shape index (κ3) is 6.47. The summed E-state index contributed by atoms with van der Waals surface area (Å²) >= 11 is 5.98. The lowest BCUT2D eigenvalue weighted by atomic mass is 9.90. The van der Waals surface area contributed by atoms with E-state index in [1.807, 2.05) is 68.7 Å². The number of amides is 2. The zero-order valence-electron chi connectivity index (χ0n) is 22.1. The molecule has 4 aromatic carbocycles. The molecule has 1 aliphatic heterocycles. The number of benzene rings is 4. The van der Waals surface area contributed by atoms with Gasteiger partial charge in [-0.1, -0.05) is 72.1 Å². The number of nitrogens with zero attached hydrogens (tertiary/aromatic N) is 2. The summed E-state index contributed by atoms with van der Waals surface area (Å²) in [4.78, 5) is 32.7. The van der Waals surface area contributed by atoms with Crippen molar-refractivity contribution in [3.63, 3.8) is 0 Å². The van der Waals surface area contributed by atoms with Crippen molar-refractivity contribution < 1.29 is 9.59 Å². The first-order valence-electron chi connectivity index (χ1n) is 12.8. The summed E-state index contributed by atoms with van der Waals surface area (Å²) in [5, 5.41) is 6.21. The van der Waals surface area contributed by atoms with Crippen molar-refractivity contribution in [3.05, 3.63) is 124 Å². The molecule has 0 saturated heterocycles. The molecule has 0 spiro atoms. The molecular formula is C33H27ClN4O2. The van der Waals surface area contributed by atoms with Crippen LogP contribution in [0.3, 0.4) is 0 Å². The summed E-state index contributed by atoms with van der Waals surface area (Å²) in [6, 6.07) is 30.1. The average molecular weight is 547 g/mol. The fraction of sp³-hybridized carbons (Fsp3) is 0.121. The fourth-order valence-electron chi connectivity index (χ4n) is 4.55. The van der Waals surface area contributed by atoms with Crippen LogP contribution in [0.2, 0.25) is 5.02 Å². The minimum absolute atomic E-state index is 0.161. The monoisotopic (exact) mass is 546 g/mol. The molecule has 2 N–H and O–H groups in total. The van der Waals surface area contributed by atoms with E-state index in [9.17, 15) is 9.59 Å². The number of carbonyl (C=O) groups excluding carboxylic acids is 2. The molecule has 5 rings (SSSR count). The number of aliphatic imine (C=N–C) groups is 1. The Bertz CT molecular complexity index is 1650. The first-order chi connectivity index (χ1) is 19.4. The van der Waals surface area contributed by atoms with E-state index in [0.29, 0.717) is 27.7 Å². The molecule has 2 amide bonds. The first-order valence-corrected chi connectivity index (χ1v) is 13.1. The van der Waals surface area contributed by atoms with E-state index < -0.39 is 11.8 Å². The molecule has 1 aliphatic rings. The third-order valence-electron chi connectivity index (χ3n) is 6.31. The van der Waals surface area contributed by atoms with Gasteiger partial charge in [-0.05, 0) is 73.3 Å². The number of rotatable bonds is 6. The van der Waals surface area contributed by atoms with Crippen LogP contribution in [0.15, 0.2) is 102 Å². The van der Waals surface area contributed by atoms with E-state index in [1.54, 1.807) is 30.3 Å². The van der Waals surface area contributed by atoms with Crippen LogP contribution in [0, 0.1) is 11.8 Å². The van der Waals surface area contributed by atoms with Gasteiger partial charge in [0.25, 0.3) is 0 Å². The Morgan fingerprint density at radius 1 is 0.975 bits per heavy atom. The zero-order valence-corrected chi connectivity index (χ0v) is 22.9. The number of carbonyl (C=O) groups is 2. The van der Waals surface area contributed by atoms with Crippen LogP contribution in [0.1, 0.15) is 28.2 Å². The lowest BCUT2D eigenvalue weighted by molar-refractivity contribution is -0.115. The van der Waals surface area contributed by atoms with Gasteiger partial charge in [-0.3, -0.25) is 14.6 Å². The SMILES string of the molecule is CN(C)Cc1ccc(N=C(c2ccccc2)C2C(=O)Nc3cc(C#CC(=O)Nc4cccc(Cl)c4)ccc32)cc1. The fourth-order valence-corrected chi connectivity index (χ4v) is 4.74. The topological polar surface area (TPSA) is 73.8 Å². The van der Waals surface area contributed by atoms with Crippen LogP contribution in [0.4, 0.5) is 17.1 Å². The molecule has 1 atom stereocenters. The molecule has 0 fully saturated rings. The normalized spacial score (nSPS) is 14.2. The van der Waals surface area contributed by atoms with E-state index in [4.69, 9.17) is 16.6 Å². The van der Waals surface area contributed by atoms with Crippen molar-refractivity contribution in [3.8, 4) is 11.8 Å². The van der Waals surface area contributed by atoms with Gasteiger partial charge in [-0.25, -0.2) is 0 Å². The van der Waals surface area contributed by atoms with E-state index in [2.05, 4.69) is 39.5 Å². The zero-order chi connectivity index (χ0) is 28.1. The Kier molecular flexibility index (Phi) is 8.07. The number of anilines is 2. The van der Waals surface area contributed by atoms with Crippen molar-refractivity contribution in [1.29, 1.82) is 0 Å². The third-order valence-corrected chi connectivity index (χ3v) is 6.55. The second-order valence-corrected chi connectivity index (χ2v) is 10.1. The smallest absolute Gasteiger partial charge is 0.300 e. The number of fused-ring (bicyclic) bond motifs is 1. The molecule has 7 heteroatoms.